The molecule has 3 N–H and O–H groups in total. The van der Waals surface area contributed by atoms with Gasteiger partial charge in [-0.25, -0.2) is 0 Å². The van der Waals surface area contributed by atoms with Crippen molar-refractivity contribution in [2.75, 3.05) is 32.8 Å². The first-order valence-electron chi connectivity index (χ1n) is 8.84. The first kappa shape index (κ1) is 19.4. The molecule has 2 amide bonds. The molecule has 1 aromatic rings. The highest BCUT2D eigenvalue weighted by molar-refractivity contribution is 5.88. The van der Waals surface area contributed by atoms with Crippen LogP contribution in [0.4, 0.5) is 0 Å². The Balaban J connectivity index is 1.90. The van der Waals surface area contributed by atoms with Gasteiger partial charge in [-0.05, 0) is 12.0 Å². The van der Waals surface area contributed by atoms with Crippen molar-refractivity contribution < 1.29 is 14.7 Å². The molecule has 6 nitrogen and oxygen atoms in total. The summed E-state index contributed by atoms with van der Waals surface area (Å²) in [6, 6.07) is 9.71. The number of hydrogen-bond donors (Lipinski definition) is 3. The molecule has 1 heterocycles. The third-order valence-corrected chi connectivity index (χ3v) is 4.54. The number of hydrogen-bond acceptors (Lipinski definition) is 4. The average Bonchev–Trinajstić information content (AvgIpc) is 2.61. The van der Waals surface area contributed by atoms with Crippen LogP contribution in [0.5, 0.6) is 0 Å². The van der Waals surface area contributed by atoms with Crippen molar-refractivity contribution in [3.05, 3.63) is 35.9 Å². The van der Waals surface area contributed by atoms with Gasteiger partial charge < -0.3 is 15.7 Å². The Morgan fingerprint density at radius 1 is 1.36 bits per heavy atom. The molecule has 1 aliphatic heterocycles. The van der Waals surface area contributed by atoms with Crippen molar-refractivity contribution in [2.24, 2.45) is 5.41 Å². The summed E-state index contributed by atoms with van der Waals surface area (Å²) in [5.74, 6) is -0.246. The van der Waals surface area contributed by atoms with E-state index >= 15 is 0 Å². The third kappa shape index (κ3) is 6.14. The summed E-state index contributed by atoms with van der Waals surface area (Å²) in [6.45, 7) is 6.26. The van der Waals surface area contributed by atoms with E-state index in [4.69, 9.17) is 0 Å². The normalized spacial score (nSPS) is 18.7. The lowest BCUT2D eigenvalue weighted by Crippen LogP contribution is -2.57. The zero-order chi connectivity index (χ0) is 18.3. The number of carbonyl (C=O) groups is 2. The minimum atomic E-state index is -0.435. The minimum Gasteiger partial charge on any atom is -0.396 e. The summed E-state index contributed by atoms with van der Waals surface area (Å²) >= 11 is 0. The lowest BCUT2D eigenvalue weighted by atomic mass is 9.95. The summed E-state index contributed by atoms with van der Waals surface area (Å²) in [7, 11) is 0. The van der Waals surface area contributed by atoms with Gasteiger partial charge in [-0.1, -0.05) is 44.2 Å². The van der Waals surface area contributed by atoms with E-state index in [1.165, 1.54) is 5.56 Å². The Labute approximate surface area is 149 Å². The monoisotopic (exact) mass is 347 g/mol. The topological polar surface area (TPSA) is 81.7 Å². The number of aliphatic hydroxyl groups is 1. The summed E-state index contributed by atoms with van der Waals surface area (Å²) < 4.78 is 0. The number of carbonyl (C=O) groups excluding carboxylic acids is 2. The van der Waals surface area contributed by atoms with Gasteiger partial charge in [0.2, 0.25) is 11.8 Å². The fraction of sp³-hybridized carbons (Fsp3) is 0.579. The van der Waals surface area contributed by atoms with E-state index in [1.807, 2.05) is 32.0 Å². The van der Waals surface area contributed by atoms with Gasteiger partial charge in [0.25, 0.3) is 0 Å². The zero-order valence-corrected chi connectivity index (χ0v) is 15.1. The fourth-order valence-corrected chi connectivity index (χ4v) is 2.81. The van der Waals surface area contributed by atoms with Crippen molar-refractivity contribution in [1.29, 1.82) is 0 Å². The molecule has 0 aliphatic carbocycles. The Kier molecular flexibility index (Phi) is 6.96. The van der Waals surface area contributed by atoms with Crippen LogP contribution in [0.3, 0.4) is 0 Å². The van der Waals surface area contributed by atoms with E-state index in [-0.39, 0.29) is 30.3 Å². The van der Waals surface area contributed by atoms with E-state index in [2.05, 4.69) is 27.7 Å². The molecule has 0 aromatic heterocycles. The van der Waals surface area contributed by atoms with Crippen molar-refractivity contribution in [2.45, 2.75) is 32.7 Å². The maximum atomic E-state index is 12.2. The van der Waals surface area contributed by atoms with E-state index in [0.29, 0.717) is 13.1 Å². The third-order valence-electron chi connectivity index (χ3n) is 4.54. The van der Waals surface area contributed by atoms with Crippen LogP contribution < -0.4 is 10.6 Å². The molecule has 2 rings (SSSR count). The maximum absolute atomic E-state index is 12.2. The first-order valence-corrected chi connectivity index (χ1v) is 8.84. The Hall–Kier alpha value is -1.92. The van der Waals surface area contributed by atoms with Gasteiger partial charge in [0, 0.05) is 38.2 Å². The van der Waals surface area contributed by atoms with E-state index in [9.17, 15) is 14.7 Å². The molecule has 1 aliphatic rings. The minimum absolute atomic E-state index is 0.000392. The molecule has 1 aromatic carbocycles. The Morgan fingerprint density at radius 2 is 2.08 bits per heavy atom. The van der Waals surface area contributed by atoms with E-state index in [0.717, 1.165) is 19.5 Å². The summed E-state index contributed by atoms with van der Waals surface area (Å²) in [5.41, 5.74) is 0.860. The number of rotatable bonds is 8. The zero-order valence-electron chi connectivity index (χ0n) is 15.1. The molecule has 0 radical (unpaired) electrons. The lowest BCUT2D eigenvalue weighted by Gasteiger charge is -2.35. The second kappa shape index (κ2) is 8.97. The van der Waals surface area contributed by atoms with Gasteiger partial charge >= 0.3 is 0 Å². The number of benzene rings is 1. The van der Waals surface area contributed by atoms with Crippen LogP contribution in [0.1, 0.15) is 25.8 Å². The number of nitrogens with one attached hydrogen (secondary N) is 2. The van der Waals surface area contributed by atoms with Crippen molar-refractivity contribution in [1.82, 2.24) is 15.5 Å². The highest BCUT2D eigenvalue weighted by atomic mass is 16.3. The number of amides is 2. The predicted molar refractivity (Wildman–Crippen MR) is 97.0 cm³/mol. The van der Waals surface area contributed by atoms with Gasteiger partial charge in [0.05, 0.1) is 12.5 Å². The van der Waals surface area contributed by atoms with Crippen LogP contribution in [0.25, 0.3) is 0 Å². The molecule has 138 valence electrons. The average molecular weight is 347 g/mol. The van der Waals surface area contributed by atoms with Crippen LogP contribution in [-0.2, 0) is 16.0 Å². The molecule has 0 unspecified atom stereocenters. The first-order chi connectivity index (χ1) is 11.9. The highest BCUT2D eigenvalue weighted by Crippen LogP contribution is 2.13. The largest absolute Gasteiger partial charge is 0.396 e. The molecule has 6 heteroatoms. The molecular weight excluding hydrogens is 318 g/mol. The van der Waals surface area contributed by atoms with Crippen molar-refractivity contribution in [3.63, 3.8) is 0 Å². The molecule has 25 heavy (non-hydrogen) atoms. The Morgan fingerprint density at radius 3 is 2.76 bits per heavy atom. The van der Waals surface area contributed by atoms with Crippen LogP contribution in [0, 0.1) is 5.41 Å². The Bertz CT molecular complexity index is 575. The number of nitrogens with zero attached hydrogens (tertiary/aromatic N) is 1. The van der Waals surface area contributed by atoms with Crippen LogP contribution in [0.15, 0.2) is 30.3 Å². The SMILES string of the molecule is CC(C)(CO)CNC(=O)C[C@H]1C(=O)NCCN1CCc1ccccc1. The molecular formula is C19H29N3O3. The van der Waals surface area contributed by atoms with Crippen molar-refractivity contribution >= 4 is 11.8 Å². The lowest BCUT2D eigenvalue weighted by molar-refractivity contribution is -0.134. The van der Waals surface area contributed by atoms with E-state index < -0.39 is 6.04 Å². The van der Waals surface area contributed by atoms with Crippen LogP contribution >= 0.6 is 0 Å². The van der Waals surface area contributed by atoms with Gasteiger partial charge in [-0.2, -0.15) is 0 Å². The van der Waals surface area contributed by atoms with Gasteiger partial charge in [-0.3, -0.25) is 14.5 Å². The highest BCUT2D eigenvalue weighted by Gasteiger charge is 2.31. The van der Waals surface area contributed by atoms with Crippen molar-refractivity contribution in [3.8, 4) is 0 Å². The number of piperazine rings is 1. The molecule has 1 fully saturated rings. The predicted octanol–water partition coefficient (Wildman–Crippen LogP) is 0.554. The van der Waals surface area contributed by atoms with Crippen LogP contribution in [0.2, 0.25) is 0 Å². The fourth-order valence-electron chi connectivity index (χ4n) is 2.81. The smallest absolute Gasteiger partial charge is 0.237 e. The summed E-state index contributed by atoms with van der Waals surface area (Å²) in [4.78, 5) is 26.6. The molecule has 1 atom stereocenters. The molecule has 0 spiro atoms. The molecule has 0 saturated carbocycles. The van der Waals surface area contributed by atoms with Gasteiger partial charge in [0.1, 0.15) is 0 Å². The quantitative estimate of drug-likeness (QED) is 0.642. The maximum Gasteiger partial charge on any atom is 0.237 e. The van der Waals surface area contributed by atoms with E-state index in [1.54, 1.807) is 0 Å². The standard InChI is InChI=1S/C19H29N3O3/c1-19(2,14-23)13-21-17(24)12-16-18(25)20-9-11-22(16)10-8-15-6-4-3-5-7-15/h3-7,16,23H,8-14H2,1-2H3,(H,20,25)(H,21,24)/t16-/m0/s1. The molecule has 0 bridgehead atoms. The summed E-state index contributed by atoms with van der Waals surface area (Å²) in [5, 5.41) is 14.9. The summed E-state index contributed by atoms with van der Waals surface area (Å²) in [6.07, 6.45) is 0.992. The van der Waals surface area contributed by atoms with Crippen LogP contribution in [-0.4, -0.2) is 60.6 Å². The molecule has 1 saturated heterocycles. The van der Waals surface area contributed by atoms with Gasteiger partial charge in [0.15, 0.2) is 0 Å². The number of aliphatic hydroxyl groups excluding tert-OH is 1. The second-order valence-electron chi connectivity index (χ2n) is 7.38. The second-order valence-corrected chi connectivity index (χ2v) is 7.38. The van der Waals surface area contributed by atoms with Gasteiger partial charge in [-0.15, -0.1) is 0 Å².